The second kappa shape index (κ2) is 11.3. The Morgan fingerprint density at radius 1 is 0.808 bits per heavy atom. The Labute approximate surface area is 167 Å². The van der Waals surface area contributed by atoms with Gasteiger partial charge in [0.05, 0.1) is 0 Å². The maximum absolute atomic E-state index is 11.6. The summed E-state index contributed by atoms with van der Waals surface area (Å²) in [5.74, 6) is -0.566. The van der Waals surface area contributed by atoms with Crippen LogP contribution in [0.5, 0.6) is 0 Å². The minimum absolute atomic E-state index is 0.283. The molecule has 2 rings (SSSR count). The fraction of sp³-hybridized carbons (Fsp3) is 0. The van der Waals surface area contributed by atoms with Crippen molar-refractivity contribution in [3.63, 3.8) is 0 Å². The predicted octanol–water partition coefficient (Wildman–Crippen LogP) is 1.46. The first-order chi connectivity index (χ1) is 12.5. The molecule has 2 amide bonds. The Bertz CT molecular complexity index is 723. The van der Waals surface area contributed by atoms with Gasteiger partial charge in [0.1, 0.15) is 0 Å². The van der Waals surface area contributed by atoms with Crippen molar-refractivity contribution < 1.29 is 35.4 Å². The average molecular weight is 434 g/mol. The molecule has 0 atom stereocenters. The number of ketones is 2. The van der Waals surface area contributed by atoms with E-state index in [4.69, 9.17) is 26.9 Å². The first-order valence-electron chi connectivity index (χ1n) is 6.80. The molecule has 0 aromatic rings. The molecular weight excluding hydrogens is 422 g/mol. The zero-order valence-corrected chi connectivity index (χ0v) is 15.9. The minimum atomic E-state index is -0.634. The molecule has 0 aromatic heterocycles. The molecule has 0 spiro atoms. The summed E-state index contributed by atoms with van der Waals surface area (Å²) >= 11 is 12.4. The molecule has 0 saturated heterocycles. The third kappa shape index (κ3) is 7.24. The van der Waals surface area contributed by atoms with Gasteiger partial charge in [-0.15, -0.1) is 0 Å². The van der Waals surface area contributed by atoms with E-state index in [1.54, 1.807) is 12.2 Å². The summed E-state index contributed by atoms with van der Waals surface area (Å²) in [6, 6.07) is -0.634. The molecule has 0 aromatic carbocycles. The van der Waals surface area contributed by atoms with Gasteiger partial charge in [0, 0.05) is 45.8 Å². The summed E-state index contributed by atoms with van der Waals surface area (Å²) in [7, 11) is 0. The van der Waals surface area contributed by atoms with E-state index in [1.165, 1.54) is 36.7 Å². The second-order valence-electron chi connectivity index (χ2n) is 4.52. The third-order valence-corrected chi connectivity index (χ3v) is 3.25. The first-order valence-corrected chi connectivity index (χ1v) is 8.13. The molecule has 2 aliphatic rings. The van der Waals surface area contributed by atoms with Crippen LogP contribution in [0.3, 0.4) is 0 Å². The van der Waals surface area contributed by atoms with Crippen LogP contribution in [0.4, 0.5) is 4.79 Å². The number of halogens is 2. The van der Waals surface area contributed by atoms with Gasteiger partial charge in [0.25, 0.3) is 0 Å². The van der Waals surface area contributed by atoms with Crippen LogP contribution < -0.4 is 21.7 Å². The Hall–Kier alpha value is -2.39. The van der Waals surface area contributed by atoms with Crippen molar-refractivity contribution in [1.29, 1.82) is 0 Å². The normalized spacial score (nSPS) is 18.5. The van der Waals surface area contributed by atoms with Crippen LogP contribution in [0.2, 0.25) is 0 Å². The number of urea groups is 1. The van der Waals surface area contributed by atoms with Gasteiger partial charge in [-0.05, 0) is 24.3 Å². The van der Waals surface area contributed by atoms with Crippen LogP contribution in [0.1, 0.15) is 0 Å². The number of hydrogen-bond acceptors (Lipinski definition) is 6. The monoisotopic (exact) mass is 433 g/mol. The van der Waals surface area contributed by atoms with Crippen LogP contribution in [0, 0.1) is 0 Å². The molecule has 0 unspecified atom stereocenters. The van der Waals surface area contributed by atoms with E-state index in [-0.39, 0.29) is 11.6 Å². The SMILES string of the molecule is O=C(NN/C=C1/C=CC(Cl)=CC1=O)NN/C=C1/C=CC(Cl)=CC1=O.[O]=[V]. The predicted molar refractivity (Wildman–Crippen MR) is 91.0 cm³/mol. The average Bonchev–Trinajstić information content (AvgIpc) is 2.60. The van der Waals surface area contributed by atoms with Crippen LogP contribution in [-0.4, -0.2) is 17.6 Å². The van der Waals surface area contributed by atoms with E-state index < -0.39 is 6.03 Å². The van der Waals surface area contributed by atoms with Crippen molar-refractivity contribution >= 4 is 40.8 Å². The van der Waals surface area contributed by atoms with Crippen LogP contribution >= 0.6 is 23.2 Å². The van der Waals surface area contributed by atoms with Gasteiger partial charge in [-0.25, -0.2) is 4.79 Å². The van der Waals surface area contributed by atoms with Crippen molar-refractivity contribution in [3.8, 4) is 0 Å². The number of nitrogens with one attached hydrogen (secondary N) is 4. The van der Waals surface area contributed by atoms with Crippen LogP contribution in [0.15, 0.2) is 70.1 Å². The molecule has 4 N–H and O–H groups in total. The van der Waals surface area contributed by atoms with Crippen molar-refractivity contribution in [2.24, 2.45) is 0 Å². The summed E-state index contributed by atoms with van der Waals surface area (Å²) in [6.07, 6.45) is 11.3. The molecule has 26 heavy (non-hydrogen) atoms. The van der Waals surface area contributed by atoms with E-state index in [0.29, 0.717) is 21.2 Å². The van der Waals surface area contributed by atoms with Crippen LogP contribution in [-0.2, 0) is 30.6 Å². The molecule has 2 aliphatic carbocycles. The van der Waals surface area contributed by atoms with Gasteiger partial charge in [0.2, 0.25) is 0 Å². The Morgan fingerprint density at radius 3 is 1.54 bits per heavy atom. The van der Waals surface area contributed by atoms with Gasteiger partial charge < -0.3 is 10.9 Å². The molecule has 8 nitrogen and oxygen atoms in total. The van der Waals surface area contributed by atoms with Crippen molar-refractivity contribution in [1.82, 2.24) is 21.7 Å². The summed E-state index contributed by atoms with van der Waals surface area (Å²) in [5, 5.41) is 0.671. The maximum atomic E-state index is 11.6. The fourth-order valence-corrected chi connectivity index (χ4v) is 1.97. The molecule has 0 radical (unpaired) electrons. The quantitative estimate of drug-likeness (QED) is 0.394. The van der Waals surface area contributed by atoms with Gasteiger partial charge in [-0.2, -0.15) is 0 Å². The van der Waals surface area contributed by atoms with E-state index in [9.17, 15) is 14.4 Å². The summed E-state index contributed by atoms with van der Waals surface area (Å²) in [6.45, 7) is 0. The van der Waals surface area contributed by atoms with E-state index in [2.05, 4.69) is 21.7 Å². The molecular formula is C15H12Cl2N4O4V. The van der Waals surface area contributed by atoms with E-state index in [1.807, 2.05) is 0 Å². The third-order valence-electron chi connectivity index (χ3n) is 2.78. The van der Waals surface area contributed by atoms with Gasteiger partial charge in [0.15, 0.2) is 11.6 Å². The molecule has 0 bridgehead atoms. The topological polar surface area (TPSA) is 116 Å². The number of amides is 2. The number of hydrazine groups is 2. The Balaban J connectivity index is 0.00000163. The molecule has 0 aliphatic heterocycles. The Morgan fingerprint density at radius 2 is 1.19 bits per heavy atom. The van der Waals surface area contributed by atoms with E-state index >= 15 is 0 Å². The molecule has 135 valence electrons. The molecule has 11 heteroatoms. The summed E-state index contributed by atoms with van der Waals surface area (Å²) in [5.41, 5.74) is 10.1. The summed E-state index contributed by atoms with van der Waals surface area (Å²) < 4.78 is 8.19. The molecule has 0 saturated carbocycles. The zero-order valence-electron chi connectivity index (χ0n) is 13.0. The Kier molecular flexibility index (Phi) is 9.39. The van der Waals surface area contributed by atoms with Gasteiger partial charge in [-0.1, -0.05) is 23.2 Å². The fourth-order valence-electron chi connectivity index (χ4n) is 1.64. The van der Waals surface area contributed by atoms with Crippen molar-refractivity contribution in [3.05, 3.63) is 70.1 Å². The standard InChI is InChI=1S/C15H12Cl2N4O3.O.V/c16-11-3-1-9(13(22)5-11)7-18-20-15(24)21-19-8-10-2-4-12(17)6-14(10)23;;/h1-8,18-19H,(H2,20,21,24);;/b9-7-,10-8-;;. The number of hydrogen-bond donors (Lipinski definition) is 4. The number of rotatable bonds is 4. The van der Waals surface area contributed by atoms with E-state index in [0.717, 1.165) is 17.4 Å². The zero-order chi connectivity index (χ0) is 19.5. The van der Waals surface area contributed by atoms with Crippen molar-refractivity contribution in [2.75, 3.05) is 0 Å². The van der Waals surface area contributed by atoms with Gasteiger partial charge in [-0.3, -0.25) is 20.4 Å². The second-order valence-corrected chi connectivity index (χ2v) is 5.39. The van der Waals surface area contributed by atoms with Gasteiger partial charge >= 0.3 is 27.1 Å². The molecule has 0 heterocycles. The van der Waals surface area contributed by atoms with Crippen LogP contribution in [0.25, 0.3) is 0 Å². The number of carbonyl (C=O) groups excluding carboxylic acids is 3. The number of allylic oxidation sites excluding steroid dienone is 10. The first kappa shape index (κ1) is 21.7. The summed E-state index contributed by atoms with van der Waals surface area (Å²) in [4.78, 5) is 34.6. The van der Waals surface area contributed by atoms with Crippen molar-refractivity contribution in [2.45, 2.75) is 0 Å². The molecule has 0 fully saturated rings. The number of carbonyl (C=O) groups is 3.